The maximum absolute atomic E-state index is 15.0. The number of esters is 3. The van der Waals surface area contributed by atoms with Crippen LogP contribution in [0.4, 0.5) is 35.1 Å². The van der Waals surface area contributed by atoms with Crippen LogP contribution in [0.2, 0.25) is 0 Å². The molecule has 1 aliphatic rings. The first-order valence-electron chi connectivity index (χ1n) is 16.6. The van der Waals surface area contributed by atoms with Crippen LogP contribution >= 0.6 is 0 Å². The molecule has 0 bridgehead atoms. The van der Waals surface area contributed by atoms with E-state index in [-0.39, 0.29) is 13.8 Å². The molecule has 0 aromatic rings. The first-order chi connectivity index (χ1) is 23.1. The van der Waals surface area contributed by atoms with Crippen LogP contribution in [-0.2, 0) is 43.4 Å². The molecule has 0 amide bonds. The van der Waals surface area contributed by atoms with Crippen LogP contribution < -0.4 is 0 Å². The highest BCUT2D eigenvalue weighted by atomic mass is 32.2. The number of ether oxygens (including phenoxy) is 4. The average Bonchev–Trinajstić information content (AvgIpc) is 3.16. The van der Waals surface area contributed by atoms with Gasteiger partial charge in [0.25, 0.3) is 10.1 Å². The summed E-state index contributed by atoms with van der Waals surface area (Å²) in [5.74, 6) is -12.7. The van der Waals surface area contributed by atoms with E-state index in [9.17, 15) is 54.3 Å². The third kappa shape index (κ3) is 14.0. The van der Waals surface area contributed by atoms with E-state index in [2.05, 4.69) is 9.47 Å². The molecule has 0 radical (unpaired) electrons. The van der Waals surface area contributed by atoms with Crippen LogP contribution in [0.5, 0.6) is 0 Å². The number of alkyl halides is 8. The molecule has 0 spiro atoms. The zero-order valence-electron chi connectivity index (χ0n) is 32.7. The molecule has 324 valence electrons. The molecule has 2 N–H and O–H groups in total. The lowest BCUT2D eigenvalue weighted by Crippen LogP contribution is -2.66. The Kier molecular flexibility index (Phi) is 19.4. The highest BCUT2D eigenvalue weighted by molar-refractivity contribution is 7.86. The topological polar surface area (TPSA) is 163 Å². The SMILES string of the molecule is C.CCC(C)(C)C(=O)OC(C)CC(C)(O)C(F)(F)F.CCC(C)(C)C(=O)OC1(C)COC(OC(=O)C(C)(C)C)(C(F)(F)F)C1(F)F.CCC(C)S(=O)(=O)O. The van der Waals surface area contributed by atoms with Crippen molar-refractivity contribution >= 4 is 28.0 Å². The second-order valence-electron chi connectivity index (χ2n) is 15.6. The second kappa shape index (κ2) is 18.7. The average molecular weight is 829 g/mol. The summed E-state index contributed by atoms with van der Waals surface area (Å²) in [5.41, 5.74) is -9.28. The lowest BCUT2D eigenvalue weighted by molar-refractivity contribution is -0.411. The summed E-state index contributed by atoms with van der Waals surface area (Å²) in [6.07, 6.45) is -11.0. The lowest BCUT2D eigenvalue weighted by atomic mass is 9.89. The van der Waals surface area contributed by atoms with Crippen molar-refractivity contribution in [1.82, 2.24) is 0 Å². The summed E-state index contributed by atoms with van der Waals surface area (Å²) in [4.78, 5) is 35.8. The third-order valence-corrected chi connectivity index (χ3v) is 10.1. The van der Waals surface area contributed by atoms with E-state index in [1.165, 1.54) is 48.5 Å². The molecule has 20 heteroatoms. The number of hydrogen-bond acceptors (Lipinski definition) is 10. The summed E-state index contributed by atoms with van der Waals surface area (Å²) in [6, 6.07) is 0. The Morgan fingerprint density at radius 2 is 1.20 bits per heavy atom. The van der Waals surface area contributed by atoms with Crippen LogP contribution in [0, 0.1) is 16.2 Å². The van der Waals surface area contributed by atoms with Crippen LogP contribution in [0.1, 0.15) is 130 Å². The Morgan fingerprint density at radius 3 is 1.50 bits per heavy atom. The van der Waals surface area contributed by atoms with Gasteiger partial charge in [0.2, 0.25) is 5.60 Å². The van der Waals surface area contributed by atoms with Crippen molar-refractivity contribution in [2.45, 2.75) is 177 Å². The predicted octanol–water partition coefficient (Wildman–Crippen LogP) is 8.60. The van der Waals surface area contributed by atoms with E-state index in [1.807, 2.05) is 0 Å². The zero-order valence-corrected chi connectivity index (χ0v) is 33.5. The van der Waals surface area contributed by atoms with Gasteiger partial charge >= 0.3 is 42.0 Å². The van der Waals surface area contributed by atoms with Gasteiger partial charge in [-0.3, -0.25) is 18.9 Å². The molecule has 1 fully saturated rings. The van der Waals surface area contributed by atoms with Crippen molar-refractivity contribution in [1.29, 1.82) is 0 Å². The highest BCUT2D eigenvalue weighted by Crippen LogP contribution is 2.57. The fourth-order valence-electron chi connectivity index (χ4n) is 3.46. The minimum Gasteiger partial charge on any atom is -0.462 e. The molecule has 5 unspecified atom stereocenters. The molecule has 54 heavy (non-hydrogen) atoms. The predicted molar refractivity (Wildman–Crippen MR) is 183 cm³/mol. The third-order valence-electron chi connectivity index (χ3n) is 8.73. The minimum atomic E-state index is -5.78. The Labute approximate surface area is 313 Å². The fourth-order valence-corrected chi connectivity index (χ4v) is 3.88. The van der Waals surface area contributed by atoms with E-state index in [1.54, 1.807) is 34.6 Å². The molecule has 1 rings (SSSR count). The molecule has 1 aliphatic heterocycles. The van der Waals surface area contributed by atoms with Gasteiger partial charge in [-0.25, -0.2) is 0 Å². The summed E-state index contributed by atoms with van der Waals surface area (Å²) in [6.45, 7) is 17.6. The minimum absolute atomic E-state index is 0. The molecule has 0 aromatic carbocycles. The normalized spacial score (nSPS) is 22.7. The van der Waals surface area contributed by atoms with Crippen molar-refractivity contribution in [3.63, 3.8) is 0 Å². The van der Waals surface area contributed by atoms with Crippen LogP contribution in [-0.4, -0.2) is 89.2 Å². The number of halogens is 8. The summed E-state index contributed by atoms with van der Waals surface area (Å²) in [7, 11) is -3.75. The van der Waals surface area contributed by atoms with Gasteiger partial charge < -0.3 is 24.1 Å². The van der Waals surface area contributed by atoms with Gasteiger partial charge in [-0.05, 0) is 95.4 Å². The van der Waals surface area contributed by atoms with Gasteiger partial charge in [0.15, 0.2) is 5.60 Å². The molecule has 1 saturated heterocycles. The molecule has 11 nitrogen and oxygen atoms in total. The second-order valence-corrected chi connectivity index (χ2v) is 17.5. The zero-order chi connectivity index (χ0) is 43.3. The van der Waals surface area contributed by atoms with Crippen molar-refractivity contribution in [3.05, 3.63) is 0 Å². The van der Waals surface area contributed by atoms with E-state index in [4.69, 9.17) is 14.0 Å². The van der Waals surface area contributed by atoms with Crippen molar-refractivity contribution in [2.24, 2.45) is 16.2 Å². The monoisotopic (exact) mass is 828 g/mol. The van der Waals surface area contributed by atoms with Gasteiger partial charge in [-0.2, -0.15) is 43.5 Å². The summed E-state index contributed by atoms with van der Waals surface area (Å²) in [5, 5.41) is 8.66. The number of rotatable bonds is 11. The lowest BCUT2D eigenvalue weighted by Gasteiger charge is -2.39. The number of aliphatic hydroxyl groups is 1. The van der Waals surface area contributed by atoms with Gasteiger partial charge in [0, 0.05) is 6.42 Å². The highest BCUT2D eigenvalue weighted by Gasteiger charge is 2.86. The molecule has 0 aliphatic carbocycles. The maximum Gasteiger partial charge on any atom is 0.462 e. The van der Waals surface area contributed by atoms with Crippen molar-refractivity contribution in [3.8, 4) is 0 Å². The maximum atomic E-state index is 15.0. The quantitative estimate of drug-likeness (QED) is 0.0888. The van der Waals surface area contributed by atoms with Crippen molar-refractivity contribution in [2.75, 3.05) is 6.61 Å². The Hall–Kier alpha value is -2.32. The van der Waals surface area contributed by atoms with E-state index in [0.717, 1.165) is 0 Å². The number of carbonyl (C=O) groups is 3. The fraction of sp³-hybridized carbons (Fsp3) is 0.912. The van der Waals surface area contributed by atoms with Crippen LogP contribution in [0.15, 0.2) is 0 Å². The smallest absolute Gasteiger partial charge is 0.462 e. The van der Waals surface area contributed by atoms with Crippen LogP contribution in [0.25, 0.3) is 0 Å². The van der Waals surface area contributed by atoms with Crippen molar-refractivity contribution < 1.29 is 86.5 Å². The molecular weight excluding hydrogens is 768 g/mol. The Morgan fingerprint density at radius 1 is 0.796 bits per heavy atom. The largest absolute Gasteiger partial charge is 0.462 e. The molecular formula is C34H60F8O11S. The Bertz CT molecular complexity index is 1350. The van der Waals surface area contributed by atoms with Gasteiger partial charge in [0.05, 0.1) is 28.1 Å². The molecule has 1 heterocycles. The van der Waals surface area contributed by atoms with E-state index >= 15 is 8.78 Å². The van der Waals surface area contributed by atoms with Gasteiger partial charge in [0.1, 0.15) is 6.10 Å². The number of carbonyl (C=O) groups excluding carboxylic acids is 3. The molecule has 5 atom stereocenters. The standard InChI is InChI=1S/C17H25F5O5.C12H21F3O3.C4H10O3S.CH4/c1-8-13(5,6)11(24)26-14(7)9-25-16(15(14,18)19,17(20,21)22)27-10(23)12(2,3)4;1-6-10(3,4)9(16)18-8(2)7-11(5,17)12(13,14)15;1-3-4(2)8(5,6)7;/h8-9H2,1-7H3;8,17H,6-7H2,1-5H3;4H,3H2,1-2H3,(H,5,6,7);1H4. The summed E-state index contributed by atoms with van der Waals surface area (Å²) < 4.78 is 155. The molecule has 0 aromatic heterocycles. The van der Waals surface area contributed by atoms with Gasteiger partial charge in [-0.15, -0.1) is 0 Å². The first-order valence-corrected chi connectivity index (χ1v) is 18.1. The van der Waals surface area contributed by atoms with E-state index < -0.39 is 104 Å². The van der Waals surface area contributed by atoms with E-state index in [0.29, 0.717) is 26.7 Å². The summed E-state index contributed by atoms with van der Waals surface area (Å²) >= 11 is 0. The first kappa shape index (κ1) is 56.0. The molecule has 0 saturated carbocycles. The number of hydrogen-bond donors (Lipinski definition) is 2. The Balaban J connectivity index is -0.000000828. The van der Waals surface area contributed by atoms with Crippen LogP contribution in [0.3, 0.4) is 0 Å². The van der Waals surface area contributed by atoms with Gasteiger partial charge in [-0.1, -0.05) is 28.2 Å².